The highest BCUT2D eigenvalue weighted by molar-refractivity contribution is 5.76. The van der Waals surface area contributed by atoms with Crippen LogP contribution in [0.15, 0.2) is 30.3 Å². The van der Waals surface area contributed by atoms with Crippen LogP contribution in [0.5, 0.6) is 5.75 Å². The molecular weight excluding hydrogens is 370 g/mol. The summed E-state index contributed by atoms with van der Waals surface area (Å²) in [6.07, 6.45) is 1.18. The number of nitrogens with zero attached hydrogens (tertiary/aromatic N) is 1. The van der Waals surface area contributed by atoms with Crippen molar-refractivity contribution in [3.8, 4) is 5.75 Å². The van der Waals surface area contributed by atoms with Crippen LogP contribution in [0.1, 0.15) is 41.5 Å². The number of aliphatic hydroxyl groups excluding tert-OH is 1. The first-order valence-electron chi connectivity index (χ1n) is 9.43. The molecule has 0 amide bonds. The number of rotatable bonds is 8. The van der Waals surface area contributed by atoms with Crippen LogP contribution in [0.25, 0.3) is 0 Å². The fourth-order valence-electron chi connectivity index (χ4n) is 3.03. The van der Waals surface area contributed by atoms with Crippen molar-refractivity contribution in [2.45, 2.75) is 32.8 Å². The summed E-state index contributed by atoms with van der Waals surface area (Å²) in [5, 5.41) is 10.9. The van der Waals surface area contributed by atoms with Crippen molar-refractivity contribution in [1.82, 2.24) is 0 Å². The van der Waals surface area contributed by atoms with E-state index < -0.39 is 0 Å². The van der Waals surface area contributed by atoms with E-state index in [4.69, 9.17) is 16.3 Å². The molecule has 5 N–H and O–H groups in total. The van der Waals surface area contributed by atoms with Gasteiger partial charge in [-0.25, -0.2) is 5.84 Å². The second-order valence-corrected chi connectivity index (χ2v) is 6.65. The lowest BCUT2D eigenvalue weighted by atomic mass is 9.86. The Labute approximate surface area is 173 Å². The number of methoxy groups -OCH3 is 2. The molecule has 2 aromatic carbocycles. The Morgan fingerprint density at radius 1 is 1.21 bits per heavy atom. The number of carbonyl (C=O) groups is 1. The number of aryl methyl sites for hydroxylation is 1. The maximum Gasteiger partial charge on any atom is 0.145 e. The summed E-state index contributed by atoms with van der Waals surface area (Å²) in [7, 11) is 4.92. The van der Waals surface area contributed by atoms with Gasteiger partial charge in [0.05, 0.1) is 19.4 Å². The van der Waals surface area contributed by atoms with Gasteiger partial charge in [0.15, 0.2) is 0 Å². The van der Waals surface area contributed by atoms with Gasteiger partial charge < -0.3 is 30.1 Å². The number of aldehydes is 1. The van der Waals surface area contributed by atoms with Crippen molar-refractivity contribution < 1.29 is 19.4 Å². The van der Waals surface area contributed by atoms with Gasteiger partial charge in [-0.05, 0) is 48.2 Å². The first-order chi connectivity index (χ1) is 13.8. The second kappa shape index (κ2) is 12.1. The van der Waals surface area contributed by atoms with Crippen molar-refractivity contribution in [3.63, 3.8) is 0 Å². The first-order valence-corrected chi connectivity index (χ1v) is 9.43. The van der Waals surface area contributed by atoms with Gasteiger partial charge in [0.2, 0.25) is 0 Å². The third-order valence-corrected chi connectivity index (χ3v) is 4.67. The summed E-state index contributed by atoms with van der Waals surface area (Å²) in [5.74, 6) is 6.19. The van der Waals surface area contributed by atoms with Gasteiger partial charge in [0.25, 0.3) is 0 Å². The Kier molecular flexibility index (Phi) is 10.2. The minimum absolute atomic E-state index is 0.0458. The SMILES string of the molecule is CCOC.COc1cc(C(CC=O)c2ccc(C)c(CO)c2)cc(N)c1N(C)N. The van der Waals surface area contributed by atoms with E-state index >= 15 is 0 Å². The molecule has 1 atom stereocenters. The molecule has 7 nitrogen and oxygen atoms in total. The van der Waals surface area contributed by atoms with E-state index in [0.717, 1.165) is 35.1 Å². The van der Waals surface area contributed by atoms with Crippen molar-refractivity contribution in [3.05, 3.63) is 52.6 Å². The van der Waals surface area contributed by atoms with E-state index in [9.17, 15) is 9.90 Å². The lowest BCUT2D eigenvalue weighted by Gasteiger charge is -2.23. The molecule has 0 saturated heterocycles. The average Bonchev–Trinajstić information content (AvgIpc) is 2.71. The number of anilines is 2. The molecule has 0 aliphatic rings. The van der Waals surface area contributed by atoms with Gasteiger partial charge in [-0.15, -0.1) is 0 Å². The van der Waals surface area contributed by atoms with Crippen LogP contribution >= 0.6 is 0 Å². The van der Waals surface area contributed by atoms with Crippen LogP contribution in [0.2, 0.25) is 0 Å². The fraction of sp³-hybridized carbons (Fsp3) is 0.409. The average molecular weight is 404 g/mol. The maximum atomic E-state index is 11.3. The predicted octanol–water partition coefficient (Wildman–Crippen LogP) is 2.76. The molecule has 0 aliphatic carbocycles. The summed E-state index contributed by atoms with van der Waals surface area (Å²) >= 11 is 0. The molecule has 1 unspecified atom stereocenters. The van der Waals surface area contributed by atoms with Crippen molar-refractivity contribution in [1.29, 1.82) is 0 Å². The van der Waals surface area contributed by atoms with Gasteiger partial charge in [-0.3, -0.25) is 0 Å². The summed E-state index contributed by atoms with van der Waals surface area (Å²) in [5.41, 5.74) is 10.9. The van der Waals surface area contributed by atoms with Crippen molar-refractivity contribution >= 4 is 17.7 Å². The maximum absolute atomic E-state index is 11.3. The van der Waals surface area contributed by atoms with E-state index in [1.807, 2.05) is 44.2 Å². The van der Waals surface area contributed by atoms with Crippen LogP contribution in [0.4, 0.5) is 11.4 Å². The molecule has 2 rings (SSSR count). The number of hydrogen-bond acceptors (Lipinski definition) is 7. The van der Waals surface area contributed by atoms with Crippen LogP contribution < -0.4 is 21.3 Å². The summed E-state index contributed by atoms with van der Waals surface area (Å²) in [6, 6.07) is 9.50. The normalized spacial score (nSPS) is 11.3. The van der Waals surface area contributed by atoms with E-state index in [-0.39, 0.29) is 12.5 Å². The number of nitrogens with two attached hydrogens (primary N) is 2. The molecule has 160 valence electrons. The standard InChI is InChI=1S/C19H25N3O3.C3H8O/c1-12-4-5-13(8-15(12)11-24)16(6-7-23)14-9-17(20)19(22(2)21)18(10-14)25-3;1-3-4-2/h4-5,7-10,16,24H,6,11,20-21H2,1-3H3;3H2,1-2H3. The van der Waals surface area contributed by atoms with E-state index in [2.05, 4.69) is 4.74 Å². The number of hydrazine groups is 1. The Bertz CT molecular complexity index is 792. The van der Waals surface area contributed by atoms with Crippen LogP contribution in [0.3, 0.4) is 0 Å². The molecule has 7 heteroatoms. The Morgan fingerprint density at radius 3 is 2.34 bits per heavy atom. The van der Waals surface area contributed by atoms with E-state index in [1.54, 1.807) is 21.3 Å². The lowest BCUT2D eigenvalue weighted by molar-refractivity contribution is -0.108. The van der Waals surface area contributed by atoms with E-state index in [0.29, 0.717) is 23.5 Å². The van der Waals surface area contributed by atoms with Crippen LogP contribution in [-0.4, -0.2) is 39.3 Å². The van der Waals surface area contributed by atoms with Crippen LogP contribution in [-0.2, 0) is 16.1 Å². The predicted molar refractivity (Wildman–Crippen MR) is 117 cm³/mol. The van der Waals surface area contributed by atoms with E-state index in [1.165, 1.54) is 5.01 Å². The Hall–Kier alpha value is -2.61. The molecule has 0 bridgehead atoms. The number of carbonyl (C=O) groups excluding carboxylic acids is 1. The third kappa shape index (κ3) is 6.45. The minimum Gasteiger partial charge on any atom is -0.494 e. The highest BCUT2D eigenvalue weighted by Crippen LogP contribution is 2.39. The molecule has 0 heterocycles. The zero-order chi connectivity index (χ0) is 22.0. The van der Waals surface area contributed by atoms with Gasteiger partial charge >= 0.3 is 0 Å². The number of aliphatic hydroxyl groups is 1. The zero-order valence-electron chi connectivity index (χ0n) is 17.9. The summed E-state index contributed by atoms with van der Waals surface area (Å²) in [6.45, 7) is 4.67. The van der Waals surface area contributed by atoms with Gasteiger partial charge in [-0.1, -0.05) is 18.2 Å². The number of ether oxygens (including phenoxy) is 2. The third-order valence-electron chi connectivity index (χ3n) is 4.67. The molecule has 0 aromatic heterocycles. The Balaban J connectivity index is 0.000000960. The fourth-order valence-corrected chi connectivity index (χ4v) is 3.03. The quantitative estimate of drug-likeness (QED) is 0.269. The molecule has 0 saturated carbocycles. The number of nitrogen functional groups attached to an aromatic ring is 1. The largest absolute Gasteiger partial charge is 0.494 e. The monoisotopic (exact) mass is 403 g/mol. The minimum atomic E-state index is -0.184. The van der Waals surface area contributed by atoms with Crippen LogP contribution in [0, 0.1) is 6.92 Å². The number of hydrogen-bond donors (Lipinski definition) is 3. The number of benzene rings is 2. The summed E-state index contributed by atoms with van der Waals surface area (Å²) in [4.78, 5) is 11.3. The molecule has 0 spiro atoms. The Morgan fingerprint density at radius 2 is 1.86 bits per heavy atom. The molecule has 0 radical (unpaired) electrons. The molecular formula is C22H33N3O4. The molecule has 29 heavy (non-hydrogen) atoms. The first kappa shape index (κ1) is 24.4. The second-order valence-electron chi connectivity index (χ2n) is 6.65. The molecule has 0 fully saturated rings. The van der Waals surface area contributed by atoms with Gasteiger partial charge in [-0.2, -0.15) is 0 Å². The molecule has 0 aliphatic heterocycles. The zero-order valence-corrected chi connectivity index (χ0v) is 17.9. The smallest absolute Gasteiger partial charge is 0.145 e. The summed E-state index contributed by atoms with van der Waals surface area (Å²) < 4.78 is 9.97. The molecule has 2 aromatic rings. The van der Waals surface area contributed by atoms with Crippen molar-refractivity contribution in [2.24, 2.45) is 5.84 Å². The van der Waals surface area contributed by atoms with Gasteiger partial charge in [0.1, 0.15) is 17.7 Å². The van der Waals surface area contributed by atoms with Crippen molar-refractivity contribution in [2.75, 3.05) is 38.6 Å². The topological polar surface area (TPSA) is 111 Å². The van der Waals surface area contributed by atoms with Gasteiger partial charge in [0, 0.05) is 33.1 Å². The highest BCUT2D eigenvalue weighted by Gasteiger charge is 2.20. The lowest BCUT2D eigenvalue weighted by Crippen LogP contribution is -2.26. The highest BCUT2D eigenvalue weighted by atomic mass is 16.5.